The van der Waals surface area contributed by atoms with Gasteiger partial charge in [0.25, 0.3) is 0 Å². The van der Waals surface area contributed by atoms with Gasteiger partial charge in [-0.2, -0.15) is 0 Å². The number of esters is 1. The Balaban J connectivity index is 0. The van der Waals surface area contributed by atoms with E-state index in [4.69, 9.17) is 4.74 Å². The second-order valence-electron chi connectivity index (χ2n) is 4.79. The van der Waals surface area contributed by atoms with E-state index in [2.05, 4.69) is 11.1 Å². The third kappa shape index (κ3) is 16.5. The summed E-state index contributed by atoms with van der Waals surface area (Å²) in [4.78, 5) is 11.3. The number of ether oxygens (including phenoxy) is 1. The van der Waals surface area contributed by atoms with Crippen LogP contribution in [0.5, 0.6) is 0 Å². The first kappa shape index (κ1) is 23.6. The summed E-state index contributed by atoms with van der Waals surface area (Å²) in [5.74, 6) is -0.827. The number of unbranched alkanes of at least 4 members (excludes halogenated alkanes) is 7. The Morgan fingerprint density at radius 3 is 2.00 bits per heavy atom. The SMILES string of the molecule is CCCCCCCCCCOC(=O)C(C)OS(=O)(=O)[O-].[Na+]. The smallest absolute Gasteiger partial charge is 0.726 e. The predicted octanol–water partition coefficient (Wildman–Crippen LogP) is -0.460. The fourth-order valence-electron chi connectivity index (χ4n) is 1.74. The van der Waals surface area contributed by atoms with E-state index in [1.54, 1.807) is 0 Å². The van der Waals surface area contributed by atoms with Crippen molar-refractivity contribution in [2.75, 3.05) is 6.61 Å². The molecule has 0 rings (SSSR count). The Bertz CT molecular complexity index is 358. The van der Waals surface area contributed by atoms with Crippen LogP contribution >= 0.6 is 0 Å². The molecule has 0 radical (unpaired) electrons. The molecule has 0 aliphatic carbocycles. The second-order valence-corrected chi connectivity index (χ2v) is 5.80. The molecule has 0 aromatic heterocycles. The third-order valence-electron chi connectivity index (χ3n) is 2.84. The first-order valence-electron chi connectivity index (χ1n) is 7.17. The van der Waals surface area contributed by atoms with Crippen LogP contribution in [0.25, 0.3) is 0 Å². The van der Waals surface area contributed by atoms with E-state index in [1.165, 1.54) is 39.0 Å². The number of carbonyl (C=O) groups is 1. The second kappa shape index (κ2) is 14.0. The van der Waals surface area contributed by atoms with E-state index in [-0.39, 0.29) is 36.2 Å². The topological polar surface area (TPSA) is 92.7 Å². The van der Waals surface area contributed by atoms with Crippen LogP contribution in [0.4, 0.5) is 0 Å². The maximum atomic E-state index is 11.3. The van der Waals surface area contributed by atoms with Gasteiger partial charge in [0, 0.05) is 0 Å². The van der Waals surface area contributed by atoms with Gasteiger partial charge in [-0.3, -0.25) is 4.18 Å². The van der Waals surface area contributed by atoms with Crippen molar-refractivity contribution < 1.29 is 56.2 Å². The standard InChI is InChI=1S/C13H26O6S.Na/c1-3-4-5-6-7-8-9-10-11-18-13(14)12(2)19-20(15,16)17;/h12H,3-11H2,1-2H3,(H,15,16,17);/q;+1/p-1. The first-order chi connectivity index (χ1) is 9.37. The minimum atomic E-state index is -4.87. The molecule has 0 amide bonds. The molecule has 0 aliphatic rings. The van der Waals surface area contributed by atoms with Gasteiger partial charge in [-0.05, 0) is 13.3 Å². The molecule has 120 valence electrons. The van der Waals surface area contributed by atoms with Crippen LogP contribution in [0.15, 0.2) is 0 Å². The van der Waals surface area contributed by atoms with Crippen molar-refractivity contribution in [3.63, 3.8) is 0 Å². The van der Waals surface area contributed by atoms with Gasteiger partial charge in [-0.25, -0.2) is 13.2 Å². The van der Waals surface area contributed by atoms with Gasteiger partial charge in [-0.1, -0.05) is 51.9 Å². The molecule has 0 aromatic carbocycles. The van der Waals surface area contributed by atoms with Gasteiger partial charge >= 0.3 is 35.5 Å². The molecule has 0 saturated carbocycles. The van der Waals surface area contributed by atoms with Crippen molar-refractivity contribution in [2.45, 2.75) is 71.3 Å². The van der Waals surface area contributed by atoms with Crippen molar-refractivity contribution in [3.05, 3.63) is 0 Å². The van der Waals surface area contributed by atoms with Gasteiger partial charge in [0.1, 0.15) is 0 Å². The van der Waals surface area contributed by atoms with E-state index in [9.17, 15) is 17.8 Å². The average molecular weight is 332 g/mol. The zero-order valence-electron chi connectivity index (χ0n) is 13.3. The Morgan fingerprint density at radius 2 is 1.52 bits per heavy atom. The molecule has 0 spiro atoms. The Kier molecular flexibility index (Phi) is 15.7. The maximum absolute atomic E-state index is 11.3. The summed E-state index contributed by atoms with van der Waals surface area (Å²) >= 11 is 0. The summed E-state index contributed by atoms with van der Waals surface area (Å²) in [6.07, 6.45) is 7.61. The number of carbonyl (C=O) groups excluding carboxylic acids is 1. The van der Waals surface area contributed by atoms with Gasteiger partial charge in [0.15, 0.2) is 6.10 Å². The van der Waals surface area contributed by atoms with Crippen molar-refractivity contribution in [1.82, 2.24) is 0 Å². The molecule has 0 bridgehead atoms. The fraction of sp³-hybridized carbons (Fsp3) is 0.923. The average Bonchev–Trinajstić information content (AvgIpc) is 2.34. The van der Waals surface area contributed by atoms with E-state index in [1.807, 2.05) is 0 Å². The summed E-state index contributed by atoms with van der Waals surface area (Å²) in [7, 11) is -4.87. The van der Waals surface area contributed by atoms with E-state index >= 15 is 0 Å². The molecule has 0 heterocycles. The largest absolute Gasteiger partial charge is 1.00 e. The molecule has 6 nitrogen and oxygen atoms in total. The summed E-state index contributed by atoms with van der Waals surface area (Å²) in [6.45, 7) is 3.57. The molecule has 0 N–H and O–H groups in total. The molecule has 0 aromatic rings. The van der Waals surface area contributed by atoms with Crippen molar-refractivity contribution in [3.8, 4) is 0 Å². The molecule has 1 unspecified atom stereocenters. The predicted molar refractivity (Wildman–Crippen MR) is 73.8 cm³/mol. The summed E-state index contributed by atoms with van der Waals surface area (Å²) in [5.41, 5.74) is 0. The van der Waals surface area contributed by atoms with Gasteiger partial charge in [0.05, 0.1) is 6.61 Å². The zero-order chi connectivity index (χ0) is 15.4. The van der Waals surface area contributed by atoms with Gasteiger partial charge in [0.2, 0.25) is 10.4 Å². The van der Waals surface area contributed by atoms with Crippen LogP contribution in [0.2, 0.25) is 0 Å². The van der Waals surface area contributed by atoms with E-state index in [0.717, 1.165) is 19.3 Å². The van der Waals surface area contributed by atoms with Gasteiger partial charge in [-0.15, -0.1) is 0 Å². The Hall–Kier alpha value is 0.340. The molecular formula is C13H25NaO6S. The molecule has 1 atom stereocenters. The Labute approximate surface area is 150 Å². The zero-order valence-corrected chi connectivity index (χ0v) is 16.1. The number of rotatable bonds is 12. The molecule has 8 heteroatoms. The molecule has 0 saturated heterocycles. The van der Waals surface area contributed by atoms with E-state index < -0.39 is 22.5 Å². The molecule has 0 aliphatic heterocycles. The van der Waals surface area contributed by atoms with Crippen LogP contribution in [-0.2, 0) is 24.1 Å². The normalized spacial score (nSPS) is 12.5. The summed E-state index contributed by atoms with van der Waals surface area (Å²) < 4.78 is 39.7. The first-order valence-corrected chi connectivity index (χ1v) is 8.51. The van der Waals surface area contributed by atoms with Crippen LogP contribution in [-0.4, -0.2) is 31.7 Å². The molecule has 21 heavy (non-hydrogen) atoms. The van der Waals surface area contributed by atoms with Crippen LogP contribution in [0.3, 0.4) is 0 Å². The minimum Gasteiger partial charge on any atom is -0.726 e. The number of hydrogen-bond acceptors (Lipinski definition) is 6. The summed E-state index contributed by atoms with van der Waals surface area (Å²) in [6, 6.07) is 0. The summed E-state index contributed by atoms with van der Waals surface area (Å²) in [5, 5.41) is 0. The Morgan fingerprint density at radius 1 is 1.05 bits per heavy atom. The maximum Gasteiger partial charge on any atom is 1.00 e. The fourth-order valence-corrected chi connectivity index (χ4v) is 2.17. The molecular weight excluding hydrogens is 307 g/mol. The van der Waals surface area contributed by atoms with Crippen LogP contribution in [0, 0.1) is 0 Å². The van der Waals surface area contributed by atoms with Crippen LogP contribution in [0.1, 0.15) is 65.2 Å². The van der Waals surface area contributed by atoms with Crippen molar-refractivity contribution in [1.29, 1.82) is 0 Å². The van der Waals surface area contributed by atoms with Crippen molar-refractivity contribution in [2.24, 2.45) is 0 Å². The van der Waals surface area contributed by atoms with Crippen molar-refractivity contribution >= 4 is 16.4 Å². The quantitative estimate of drug-likeness (QED) is 0.158. The third-order valence-corrected chi connectivity index (χ3v) is 3.36. The van der Waals surface area contributed by atoms with Crippen LogP contribution < -0.4 is 29.6 Å². The number of hydrogen-bond donors (Lipinski definition) is 0. The molecule has 0 fully saturated rings. The van der Waals surface area contributed by atoms with E-state index in [0.29, 0.717) is 0 Å². The monoisotopic (exact) mass is 332 g/mol. The minimum absolute atomic E-state index is 0. The van der Waals surface area contributed by atoms with Gasteiger partial charge < -0.3 is 9.29 Å².